The van der Waals surface area contributed by atoms with Gasteiger partial charge < -0.3 is 9.72 Å². The second kappa shape index (κ2) is 7.31. The Hall–Kier alpha value is -2.80. The van der Waals surface area contributed by atoms with E-state index < -0.39 is 15.9 Å². The molecule has 1 aromatic heterocycles. The van der Waals surface area contributed by atoms with Crippen LogP contribution in [-0.4, -0.2) is 26.4 Å². The van der Waals surface area contributed by atoms with Crippen molar-refractivity contribution >= 4 is 26.8 Å². The second-order valence-electron chi connectivity index (χ2n) is 7.02. The molecule has 3 rings (SSSR count). The molecular formula is C21H24N2O4S. The number of hydrogen-bond donors (Lipinski definition) is 2. The summed E-state index contributed by atoms with van der Waals surface area (Å²) in [5, 5.41) is 0.825. The molecule has 0 spiro atoms. The van der Waals surface area contributed by atoms with Gasteiger partial charge in [0.2, 0.25) is 5.91 Å². The van der Waals surface area contributed by atoms with Gasteiger partial charge in [-0.15, -0.1) is 0 Å². The third-order valence-electron chi connectivity index (χ3n) is 5.14. The number of fused-ring (bicyclic) bond motifs is 1. The van der Waals surface area contributed by atoms with Crippen molar-refractivity contribution in [3.8, 4) is 5.75 Å². The normalized spacial score (nSPS) is 11.6. The topological polar surface area (TPSA) is 88.3 Å². The summed E-state index contributed by atoms with van der Waals surface area (Å²) in [5.41, 5.74) is 4.61. The summed E-state index contributed by atoms with van der Waals surface area (Å²) < 4.78 is 33.3. The van der Waals surface area contributed by atoms with Crippen molar-refractivity contribution in [2.24, 2.45) is 0 Å². The lowest BCUT2D eigenvalue weighted by molar-refractivity contribution is -0.118. The molecule has 0 aliphatic rings. The van der Waals surface area contributed by atoms with E-state index in [-0.39, 0.29) is 11.3 Å². The molecule has 0 saturated carbocycles. The number of sulfonamides is 1. The van der Waals surface area contributed by atoms with Crippen molar-refractivity contribution in [3.63, 3.8) is 0 Å². The van der Waals surface area contributed by atoms with E-state index in [9.17, 15) is 13.2 Å². The first-order chi connectivity index (χ1) is 13.1. The number of aromatic amines is 1. The fraction of sp³-hybridized carbons (Fsp3) is 0.286. The molecule has 1 heterocycles. The lowest BCUT2D eigenvalue weighted by Crippen LogP contribution is -2.33. The Morgan fingerprint density at radius 2 is 1.71 bits per heavy atom. The Morgan fingerprint density at radius 3 is 2.32 bits per heavy atom. The monoisotopic (exact) mass is 400 g/mol. The summed E-state index contributed by atoms with van der Waals surface area (Å²) in [6, 6.07) is 7.44. The maximum absolute atomic E-state index is 12.9. The van der Waals surface area contributed by atoms with Gasteiger partial charge in [-0.3, -0.25) is 4.79 Å². The smallest absolute Gasteiger partial charge is 0.264 e. The number of ether oxygens (including phenoxy) is 1. The van der Waals surface area contributed by atoms with Crippen molar-refractivity contribution < 1.29 is 17.9 Å². The van der Waals surface area contributed by atoms with E-state index in [1.165, 1.54) is 0 Å². The second-order valence-corrected chi connectivity index (χ2v) is 8.64. The molecular weight excluding hydrogens is 376 g/mol. The molecule has 148 valence electrons. The average Bonchev–Trinajstić information content (AvgIpc) is 3.01. The van der Waals surface area contributed by atoms with Gasteiger partial charge in [-0.2, -0.15) is 0 Å². The van der Waals surface area contributed by atoms with Crippen molar-refractivity contribution in [2.75, 3.05) is 7.11 Å². The molecule has 2 aromatic carbocycles. The lowest BCUT2D eigenvalue weighted by atomic mass is 10.0. The van der Waals surface area contributed by atoms with E-state index >= 15 is 0 Å². The highest BCUT2D eigenvalue weighted by atomic mass is 32.2. The molecule has 0 bridgehead atoms. The Kier molecular flexibility index (Phi) is 5.21. The Labute approximate surface area is 165 Å². The Bertz CT molecular complexity index is 1150. The quantitative estimate of drug-likeness (QED) is 0.686. The first kappa shape index (κ1) is 19.9. The van der Waals surface area contributed by atoms with Crippen LogP contribution in [0.15, 0.2) is 35.4 Å². The van der Waals surface area contributed by atoms with E-state index in [0.717, 1.165) is 22.0 Å². The van der Waals surface area contributed by atoms with Gasteiger partial charge in [0.05, 0.1) is 18.4 Å². The Balaban J connectivity index is 1.90. The fourth-order valence-electron chi connectivity index (χ4n) is 3.42. The van der Waals surface area contributed by atoms with Gasteiger partial charge >= 0.3 is 0 Å². The highest BCUT2D eigenvalue weighted by Crippen LogP contribution is 2.27. The summed E-state index contributed by atoms with van der Waals surface area (Å²) in [4.78, 5) is 15.8. The number of nitrogens with one attached hydrogen (secondary N) is 2. The maximum Gasteiger partial charge on any atom is 0.264 e. The molecule has 0 aliphatic carbocycles. The van der Waals surface area contributed by atoms with Crippen LogP contribution in [0.2, 0.25) is 0 Å². The molecule has 0 fully saturated rings. The lowest BCUT2D eigenvalue weighted by Gasteiger charge is -2.16. The van der Waals surface area contributed by atoms with Crippen molar-refractivity contribution in [1.82, 2.24) is 9.71 Å². The van der Waals surface area contributed by atoms with Crippen LogP contribution in [0.5, 0.6) is 5.75 Å². The van der Waals surface area contributed by atoms with Gasteiger partial charge in [-0.25, -0.2) is 13.1 Å². The van der Waals surface area contributed by atoms with Crippen LogP contribution in [0, 0.1) is 27.7 Å². The number of methoxy groups -OCH3 is 1. The van der Waals surface area contributed by atoms with Gasteiger partial charge in [0.1, 0.15) is 5.75 Å². The number of amides is 1. The molecule has 0 aliphatic heterocycles. The fourth-order valence-corrected chi connectivity index (χ4v) is 5.03. The number of aromatic nitrogens is 1. The predicted molar refractivity (Wildman–Crippen MR) is 109 cm³/mol. The molecule has 28 heavy (non-hydrogen) atoms. The molecule has 0 unspecified atom stereocenters. The number of benzene rings is 2. The van der Waals surface area contributed by atoms with Gasteiger partial charge in [0.15, 0.2) is 0 Å². The van der Waals surface area contributed by atoms with Crippen molar-refractivity contribution in [3.05, 3.63) is 58.3 Å². The van der Waals surface area contributed by atoms with Crippen molar-refractivity contribution in [2.45, 2.75) is 39.0 Å². The summed E-state index contributed by atoms with van der Waals surface area (Å²) in [6.07, 6.45) is 1.65. The number of carbonyl (C=O) groups excluding carboxylic acids is 1. The van der Waals surface area contributed by atoms with Crippen LogP contribution in [0.3, 0.4) is 0 Å². The van der Waals surface area contributed by atoms with Gasteiger partial charge in [-0.1, -0.05) is 6.07 Å². The maximum atomic E-state index is 12.9. The summed E-state index contributed by atoms with van der Waals surface area (Å²) in [6.45, 7) is 7.24. The van der Waals surface area contributed by atoms with Crippen LogP contribution in [-0.2, 0) is 21.2 Å². The predicted octanol–water partition coefficient (Wildman–Crippen LogP) is 3.46. The number of rotatable bonds is 5. The first-order valence-corrected chi connectivity index (χ1v) is 10.4. The van der Waals surface area contributed by atoms with Crippen LogP contribution >= 0.6 is 0 Å². The van der Waals surface area contributed by atoms with Crippen LogP contribution in [0.1, 0.15) is 27.8 Å². The molecule has 3 aromatic rings. The summed E-state index contributed by atoms with van der Waals surface area (Å²) in [5.74, 6) is 0.0875. The van der Waals surface area contributed by atoms with E-state index in [2.05, 4.69) is 9.71 Å². The number of hydrogen-bond acceptors (Lipinski definition) is 4. The third-order valence-corrected chi connectivity index (χ3v) is 6.79. The van der Waals surface area contributed by atoms with Crippen LogP contribution in [0.4, 0.5) is 0 Å². The minimum absolute atomic E-state index is 0.0602. The molecule has 7 heteroatoms. The van der Waals surface area contributed by atoms with Crippen LogP contribution in [0.25, 0.3) is 10.9 Å². The van der Waals surface area contributed by atoms with E-state index in [4.69, 9.17) is 4.74 Å². The van der Waals surface area contributed by atoms with Gasteiger partial charge in [0, 0.05) is 17.1 Å². The first-order valence-electron chi connectivity index (χ1n) is 8.91. The largest absolute Gasteiger partial charge is 0.497 e. The number of H-pyrrole nitrogens is 1. The minimum atomic E-state index is -3.97. The average molecular weight is 401 g/mol. The van der Waals surface area contributed by atoms with E-state index in [0.29, 0.717) is 22.4 Å². The zero-order chi connectivity index (χ0) is 20.6. The summed E-state index contributed by atoms with van der Waals surface area (Å²) >= 11 is 0. The molecule has 6 nitrogen and oxygen atoms in total. The van der Waals surface area contributed by atoms with Crippen LogP contribution < -0.4 is 9.46 Å². The third kappa shape index (κ3) is 3.62. The summed E-state index contributed by atoms with van der Waals surface area (Å²) in [7, 11) is -2.40. The van der Waals surface area contributed by atoms with E-state index in [1.54, 1.807) is 27.2 Å². The van der Waals surface area contributed by atoms with E-state index in [1.807, 2.05) is 38.1 Å². The van der Waals surface area contributed by atoms with Crippen molar-refractivity contribution in [1.29, 1.82) is 0 Å². The minimum Gasteiger partial charge on any atom is -0.497 e. The molecule has 0 saturated heterocycles. The SMILES string of the molecule is COc1ccc2[nH]cc(CC(=O)NS(=O)(=O)c3c(C)c(C)cc(C)c3C)c2c1. The zero-order valence-electron chi connectivity index (χ0n) is 16.6. The molecule has 0 atom stereocenters. The Morgan fingerprint density at radius 1 is 1.07 bits per heavy atom. The van der Waals surface area contributed by atoms with Gasteiger partial charge in [0.25, 0.3) is 10.0 Å². The standard InChI is InChI=1S/C21H24N2O4S/c1-12-8-13(2)15(4)21(14(12)3)28(25,26)23-20(24)9-16-11-22-19-7-6-17(27-5)10-18(16)19/h6-8,10-11,22H,9H2,1-5H3,(H,23,24). The number of carbonyl (C=O) groups is 1. The molecule has 1 amide bonds. The van der Waals surface area contributed by atoms with Gasteiger partial charge in [-0.05, 0) is 73.7 Å². The highest BCUT2D eigenvalue weighted by Gasteiger charge is 2.24. The zero-order valence-corrected chi connectivity index (χ0v) is 17.5. The highest BCUT2D eigenvalue weighted by molar-refractivity contribution is 7.90. The molecule has 2 N–H and O–H groups in total. The number of aryl methyl sites for hydroxylation is 2. The molecule has 0 radical (unpaired) electrons.